The minimum absolute atomic E-state index is 0.00342. The summed E-state index contributed by atoms with van der Waals surface area (Å²) in [5.41, 5.74) is 7.29. The second kappa shape index (κ2) is 25.9. The van der Waals surface area contributed by atoms with Crippen LogP contribution < -0.4 is 25.0 Å². The summed E-state index contributed by atoms with van der Waals surface area (Å²) in [6.07, 6.45) is 8.44. The lowest BCUT2D eigenvalue weighted by molar-refractivity contribution is -0.384. The Morgan fingerprint density at radius 2 is 1.77 bits per heavy atom. The summed E-state index contributed by atoms with van der Waals surface area (Å²) < 4.78 is 49.2. The van der Waals surface area contributed by atoms with Crippen LogP contribution in [-0.2, 0) is 48.7 Å². The van der Waals surface area contributed by atoms with Gasteiger partial charge in [0.2, 0.25) is 11.8 Å². The van der Waals surface area contributed by atoms with Gasteiger partial charge in [-0.15, -0.1) is 5.10 Å². The number of ether oxygens (including phenoxy) is 3. The molecule has 2 saturated heterocycles. The van der Waals surface area contributed by atoms with Crippen LogP contribution in [0, 0.1) is 27.4 Å². The molecule has 0 radical (unpaired) electrons. The van der Waals surface area contributed by atoms with Crippen molar-refractivity contribution in [3.05, 3.63) is 164 Å². The Balaban J connectivity index is 0.670. The topological polar surface area (TPSA) is 278 Å². The molecule has 11 rings (SSSR count). The summed E-state index contributed by atoms with van der Waals surface area (Å²) >= 11 is 6.26. The smallest absolute Gasteiger partial charge is 0.293 e. The largest absolute Gasteiger partial charge is 0.455 e. The first-order valence-electron chi connectivity index (χ1n) is 28.5. The van der Waals surface area contributed by atoms with Crippen LogP contribution in [0.15, 0.2) is 120 Å². The Hall–Kier alpha value is -8.99. The predicted octanol–water partition coefficient (Wildman–Crippen LogP) is 7.87. The Bertz CT molecular complexity index is 4020. The molecular formula is C62H63ClN12O11S. The number of nitro groups is 1. The number of carbonyl (C=O) groups excluding carboxylic acids is 4. The van der Waals surface area contributed by atoms with Gasteiger partial charge in [-0.1, -0.05) is 66.3 Å². The van der Waals surface area contributed by atoms with E-state index in [1.807, 2.05) is 18.2 Å². The van der Waals surface area contributed by atoms with E-state index < -0.39 is 43.4 Å². The van der Waals surface area contributed by atoms with Crippen LogP contribution in [-0.4, -0.2) is 137 Å². The lowest BCUT2D eigenvalue weighted by atomic mass is 9.72. The molecule has 3 aromatic heterocycles. The molecular weight excluding hydrogens is 1160 g/mol. The number of anilines is 2. The fourth-order valence-corrected chi connectivity index (χ4v) is 12.4. The number of fused-ring (bicyclic) bond motifs is 2. The van der Waals surface area contributed by atoms with Crippen molar-refractivity contribution in [2.75, 3.05) is 69.4 Å². The number of hydrogen-bond acceptors (Lipinski definition) is 17. The molecule has 2 fully saturated rings. The van der Waals surface area contributed by atoms with Gasteiger partial charge in [-0.2, -0.15) is 0 Å². The highest BCUT2D eigenvalue weighted by molar-refractivity contribution is 7.90. The Morgan fingerprint density at radius 1 is 0.954 bits per heavy atom. The quantitative estimate of drug-likeness (QED) is 0.0175. The van der Waals surface area contributed by atoms with Gasteiger partial charge in [0.1, 0.15) is 41.2 Å². The molecule has 7 aromatic rings. The minimum atomic E-state index is -4.68. The second-order valence-electron chi connectivity index (χ2n) is 22.5. The molecule has 6 heterocycles. The molecule has 4 amide bonds. The van der Waals surface area contributed by atoms with Crippen molar-refractivity contribution in [2.24, 2.45) is 5.41 Å². The van der Waals surface area contributed by atoms with E-state index in [0.29, 0.717) is 52.9 Å². The standard InChI is InChI=1S/C62H63ClN12O11S/c1-62(2)20-18-43(51(34-62)41-8-10-44(63)11-9-41)37-71-22-24-72(25-23-71)46-12-14-50(56(32-46)86-47-31-42-19-21-64-58(42)66-36-47)59(77)69-87(82,83)48-13-15-53(55(33-48)75(80)81)65-35-45-38-73(70-68-45)26-28-85-30-29-84-27-4-6-40-5-3-7-49-52(40)39-74(61(49)79)54-16-17-57(76)67-60(54)78/h3,5,7-15,19,21,31-33,36,38,54,65H,16-18,20,22-30,34-35,37,39H2,1-2H3,(H,64,66)(H,69,77)(H,67,76,78). The van der Waals surface area contributed by atoms with E-state index in [0.717, 1.165) is 67.7 Å². The van der Waals surface area contributed by atoms with Crippen molar-refractivity contribution in [1.29, 1.82) is 0 Å². The van der Waals surface area contributed by atoms with Crippen LogP contribution in [0.5, 0.6) is 11.5 Å². The maximum Gasteiger partial charge on any atom is 0.293 e. The van der Waals surface area contributed by atoms with E-state index in [1.54, 1.807) is 53.5 Å². The number of pyridine rings is 1. The number of nitrogens with one attached hydrogen (secondary N) is 4. The maximum atomic E-state index is 14.1. The molecule has 0 spiro atoms. The molecule has 1 aliphatic carbocycles. The zero-order chi connectivity index (χ0) is 60.8. The van der Waals surface area contributed by atoms with Gasteiger partial charge in [0, 0.05) is 91.2 Å². The van der Waals surface area contributed by atoms with E-state index in [2.05, 4.69) is 83.3 Å². The van der Waals surface area contributed by atoms with Gasteiger partial charge in [-0.25, -0.2) is 22.8 Å². The monoisotopic (exact) mass is 1220 g/mol. The van der Waals surface area contributed by atoms with E-state index in [1.165, 1.54) is 39.9 Å². The summed E-state index contributed by atoms with van der Waals surface area (Å²) in [4.78, 5) is 76.1. The number of rotatable bonds is 21. The number of piperidine rings is 1. The van der Waals surface area contributed by atoms with Crippen LogP contribution in [0.1, 0.15) is 89.1 Å². The van der Waals surface area contributed by atoms with Crippen molar-refractivity contribution in [1.82, 2.24) is 44.8 Å². The van der Waals surface area contributed by atoms with Crippen molar-refractivity contribution in [2.45, 2.75) is 76.5 Å². The van der Waals surface area contributed by atoms with E-state index >= 15 is 0 Å². The average molecular weight is 1220 g/mol. The number of sulfonamides is 1. The van der Waals surface area contributed by atoms with Crippen LogP contribution >= 0.6 is 11.6 Å². The third-order valence-electron chi connectivity index (χ3n) is 15.9. The second-order valence-corrected chi connectivity index (χ2v) is 24.6. The molecule has 3 aliphatic heterocycles. The molecule has 25 heteroatoms. The van der Waals surface area contributed by atoms with E-state index in [4.69, 9.17) is 25.8 Å². The van der Waals surface area contributed by atoms with Crippen LogP contribution in [0.3, 0.4) is 0 Å². The van der Waals surface area contributed by atoms with Crippen molar-refractivity contribution in [3.8, 4) is 23.3 Å². The summed E-state index contributed by atoms with van der Waals surface area (Å²) in [6.45, 7) is 9.89. The van der Waals surface area contributed by atoms with Crippen LogP contribution in [0.25, 0.3) is 16.6 Å². The summed E-state index contributed by atoms with van der Waals surface area (Å²) in [6, 6.07) is 24.5. The number of imide groups is 1. The number of hydrogen-bond donors (Lipinski definition) is 4. The fourth-order valence-electron chi connectivity index (χ4n) is 11.2. The molecule has 23 nitrogen and oxygen atoms in total. The molecule has 4 aliphatic rings. The average Bonchev–Trinajstić information content (AvgIpc) is 2.18. The number of carbonyl (C=O) groups is 4. The van der Waals surface area contributed by atoms with Gasteiger partial charge < -0.3 is 34.3 Å². The number of piperazine rings is 1. The van der Waals surface area contributed by atoms with Gasteiger partial charge in [0.15, 0.2) is 0 Å². The highest BCUT2D eigenvalue weighted by Gasteiger charge is 2.40. The number of nitrogens with zero attached hydrogens (tertiary/aromatic N) is 8. The Kier molecular flexibility index (Phi) is 17.8. The zero-order valence-electron chi connectivity index (χ0n) is 47.8. The van der Waals surface area contributed by atoms with Crippen LogP contribution in [0.2, 0.25) is 5.02 Å². The minimum Gasteiger partial charge on any atom is -0.455 e. The number of aromatic amines is 1. The SMILES string of the molecule is CC1(C)CCC(CN2CCN(c3ccc(C(=O)NS(=O)(=O)c4ccc(NCc5cn(CCOCCOCC#Cc6cccc7c6CN(C6CCC(=O)NC6=O)C7=O)nn5)c([N+](=O)[O-])c4)c(Oc4cnc5[nH]ccc5c4)c3)CC2)=C(c2ccc(Cl)cc2)C1. The first kappa shape index (κ1) is 59.7. The van der Waals surface area contributed by atoms with Crippen LogP contribution in [0.4, 0.5) is 17.1 Å². The summed E-state index contributed by atoms with van der Waals surface area (Å²) in [5.74, 6) is 4.31. The number of amides is 4. The van der Waals surface area contributed by atoms with Gasteiger partial charge in [-0.05, 0) is 108 Å². The van der Waals surface area contributed by atoms with Gasteiger partial charge >= 0.3 is 0 Å². The predicted molar refractivity (Wildman–Crippen MR) is 323 cm³/mol. The number of nitro benzene ring substituents is 1. The molecule has 0 bridgehead atoms. The van der Waals surface area contributed by atoms with Gasteiger partial charge in [0.05, 0.1) is 60.7 Å². The molecule has 87 heavy (non-hydrogen) atoms. The Morgan fingerprint density at radius 3 is 2.57 bits per heavy atom. The van der Waals surface area contributed by atoms with E-state index in [9.17, 15) is 37.7 Å². The number of H-pyrrole nitrogens is 1. The highest BCUT2D eigenvalue weighted by atomic mass is 35.5. The first-order valence-corrected chi connectivity index (χ1v) is 30.4. The summed E-state index contributed by atoms with van der Waals surface area (Å²) in [7, 11) is -4.68. The third kappa shape index (κ3) is 14.1. The van der Waals surface area contributed by atoms with Gasteiger partial charge in [0.25, 0.3) is 27.5 Å². The number of aromatic nitrogens is 5. The number of allylic oxidation sites excluding steroid dienone is 1. The van der Waals surface area contributed by atoms with Crippen molar-refractivity contribution in [3.63, 3.8) is 0 Å². The third-order valence-corrected chi connectivity index (χ3v) is 17.5. The summed E-state index contributed by atoms with van der Waals surface area (Å²) in [5, 5.41) is 27.4. The number of halogens is 1. The Labute approximate surface area is 506 Å². The molecule has 1 atom stereocenters. The molecule has 450 valence electrons. The lowest BCUT2D eigenvalue weighted by Crippen LogP contribution is -2.52. The molecule has 0 saturated carbocycles. The zero-order valence-corrected chi connectivity index (χ0v) is 49.4. The van der Waals surface area contributed by atoms with Gasteiger partial charge in [-0.3, -0.25) is 39.5 Å². The normalized spacial score (nSPS) is 17.0. The maximum absolute atomic E-state index is 14.1. The lowest BCUT2D eigenvalue weighted by Gasteiger charge is -2.39. The highest BCUT2D eigenvalue weighted by Crippen LogP contribution is 2.44. The van der Waals surface area contributed by atoms with Crippen molar-refractivity contribution < 1.29 is 46.7 Å². The molecule has 4 aromatic carbocycles. The van der Waals surface area contributed by atoms with E-state index in [-0.39, 0.29) is 86.6 Å². The number of benzene rings is 4. The first-order chi connectivity index (χ1) is 41.9. The van der Waals surface area contributed by atoms with Crippen molar-refractivity contribution >= 4 is 78.9 Å². The fraction of sp³-hybridized carbons (Fsp3) is 0.339. The molecule has 4 N–H and O–H groups in total. The molecule has 1 unspecified atom stereocenters.